The Kier molecular flexibility index (Phi) is 3.64. The molecule has 0 saturated heterocycles. The lowest BCUT2D eigenvalue weighted by atomic mass is 10.1. The molecule has 104 valence electrons. The maximum absolute atomic E-state index is 11.5. The third kappa shape index (κ3) is 2.79. The molecule has 1 aromatic carbocycles. The summed E-state index contributed by atoms with van der Waals surface area (Å²) in [6.07, 6.45) is 1.67. The quantitative estimate of drug-likeness (QED) is 0.902. The Morgan fingerprint density at radius 3 is 2.63 bits per heavy atom. The van der Waals surface area contributed by atoms with Crippen molar-refractivity contribution in [2.45, 2.75) is 24.6 Å². The van der Waals surface area contributed by atoms with E-state index < -0.39 is 21.1 Å². The molecule has 0 fully saturated rings. The van der Waals surface area contributed by atoms with Crippen LogP contribution < -0.4 is 5.73 Å². The topological polar surface area (TPSA) is 78.0 Å². The highest BCUT2D eigenvalue weighted by Crippen LogP contribution is 2.19. The fourth-order valence-corrected chi connectivity index (χ4v) is 2.88. The normalized spacial score (nSPS) is 15.6. The van der Waals surface area contributed by atoms with Gasteiger partial charge in [-0.1, -0.05) is 18.2 Å². The van der Waals surface area contributed by atoms with Crippen LogP contribution in [0.3, 0.4) is 0 Å². The van der Waals surface area contributed by atoms with E-state index >= 15 is 0 Å². The molecule has 5 nitrogen and oxygen atoms in total. The van der Waals surface area contributed by atoms with Gasteiger partial charge in [0.15, 0.2) is 9.84 Å². The van der Waals surface area contributed by atoms with Crippen LogP contribution in [0.15, 0.2) is 24.3 Å². The largest absolute Gasteiger partial charge is 0.326 e. The van der Waals surface area contributed by atoms with E-state index in [-0.39, 0.29) is 0 Å². The van der Waals surface area contributed by atoms with Crippen molar-refractivity contribution < 1.29 is 8.42 Å². The van der Waals surface area contributed by atoms with Gasteiger partial charge in [-0.3, -0.25) is 4.68 Å². The van der Waals surface area contributed by atoms with Gasteiger partial charge >= 0.3 is 0 Å². The molecule has 0 aliphatic rings. The number of para-hydroxylation sites is 1. The summed E-state index contributed by atoms with van der Waals surface area (Å²) >= 11 is 0. The van der Waals surface area contributed by atoms with Gasteiger partial charge in [0.05, 0.1) is 16.5 Å². The molecule has 0 bridgehead atoms. The van der Waals surface area contributed by atoms with Gasteiger partial charge in [0, 0.05) is 31.2 Å². The van der Waals surface area contributed by atoms with Crippen LogP contribution in [-0.4, -0.2) is 35.7 Å². The minimum absolute atomic E-state index is 0.451. The second-order valence-corrected chi connectivity index (χ2v) is 7.39. The number of rotatable bonds is 4. The maximum Gasteiger partial charge on any atom is 0.151 e. The summed E-state index contributed by atoms with van der Waals surface area (Å²) in [6.45, 7) is 1.64. The number of benzene rings is 1. The van der Waals surface area contributed by atoms with Crippen LogP contribution in [0.25, 0.3) is 10.9 Å². The number of nitrogens with two attached hydrogens (primary N) is 1. The van der Waals surface area contributed by atoms with Crippen LogP contribution in [0.1, 0.15) is 12.6 Å². The molecular weight excluding hydrogens is 262 g/mol. The van der Waals surface area contributed by atoms with Crippen LogP contribution in [0.5, 0.6) is 0 Å². The summed E-state index contributed by atoms with van der Waals surface area (Å²) in [7, 11) is -1.26. The van der Waals surface area contributed by atoms with Gasteiger partial charge in [-0.25, -0.2) is 8.42 Å². The Labute approximate surface area is 113 Å². The predicted molar refractivity (Wildman–Crippen MR) is 76.7 cm³/mol. The number of sulfone groups is 1. The second kappa shape index (κ2) is 4.94. The Bertz CT molecular complexity index is 691. The summed E-state index contributed by atoms with van der Waals surface area (Å²) in [4.78, 5) is 0. The molecule has 2 atom stereocenters. The third-order valence-corrected chi connectivity index (χ3v) is 5.24. The van der Waals surface area contributed by atoms with Crippen LogP contribution in [-0.2, 0) is 23.3 Å². The van der Waals surface area contributed by atoms with E-state index in [2.05, 4.69) is 5.10 Å². The van der Waals surface area contributed by atoms with E-state index in [1.165, 1.54) is 6.26 Å². The SMILES string of the molecule is CC(C(N)Cc1nn(C)c2ccccc12)S(C)(=O)=O. The maximum atomic E-state index is 11.5. The number of aromatic nitrogens is 2. The number of hydrogen-bond acceptors (Lipinski definition) is 4. The van der Waals surface area contributed by atoms with Crippen molar-refractivity contribution in [1.82, 2.24) is 9.78 Å². The van der Waals surface area contributed by atoms with Crippen molar-refractivity contribution in [1.29, 1.82) is 0 Å². The lowest BCUT2D eigenvalue weighted by Crippen LogP contribution is -2.39. The lowest BCUT2D eigenvalue weighted by Gasteiger charge is -2.17. The molecule has 2 rings (SSSR count). The van der Waals surface area contributed by atoms with E-state index in [1.54, 1.807) is 11.6 Å². The van der Waals surface area contributed by atoms with Gasteiger partial charge in [0.25, 0.3) is 0 Å². The Hall–Kier alpha value is -1.40. The zero-order chi connectivity index (χ0) is 14.2. The highest BCUT2D eigenvalue weighted by atomic mass is 32.2. The zero-order valence-corrected chi connectivity index (χ0v) is 12.2. The first-order valence-corrected chi connectivity index (χ1v) is 8.11. The molecule has 0 aliphatic heterocycles. The number of nitrogens with zero attached hydrogens (tertiary/aromatic N) is 2. The van der Waals surface area contributed by atoms with Crippen LogP contribution in [0.2, 0.25) is 0 Å². The van der Waals surface area contributed by atoms with E-state index in [1.807, 2.05) is 31.3 Å². The van der Waals surface area contributed by atoms with Crippen molar-refractivity contribution >= 4 is 20.7 Å². The molecule has 0 saturated carbocycles. The Balaban J connectivity index is 2.32. The van der Waals surface area contributed by atoms with Crippen LogP contribution in [0.4, 0.5) is 0 Å². The van der Waals surface area contributed by atoms with Crippen molar-refractivity contribution in [2.75, 3.05) is 6.26 Å². The van der Waals surface area contributed by atoms with Gasteiger partial charge in [0.2, 0.25) is 0 Å². The second-order valence-electron chi connectivity index (χ2n) is 4.99. The van der Waals surface area contributed by atoms with Gasteiger partial charge in [-0.15, -0.1) is 0 Å². The van der Waals surface area contributed by atoms with Gasteiger partial charge in [-0.2, -0.15) is 5.10 Å². The van der Waals surface area contributed by atoms with Gasteiger partial charge in [-0.05, 0) is 13.0 Å². The fraction of sp³-hybridized carbons (Fsp3) is 0.462. The standard InChI is InChI=1S/C13H19N3O2S/c1-9(19(3,17)18)11(14)8-12-10-6-4-5-7-13(10)16(2)15-12/h4-7,9,11H,8,14H2,1-3H3. The molecule has 0 amide bonds. The summed E-state index contributed by atoms with van der Waals surface area (Å²) in [6, 6.07) is 7.41. The summed E-state index contributed by atoms with van der Waals surface area (Å²) < 4.78 is 24.8. The number of hydrogen-bond donors (Lipinski definition) is 1. The highest BCUT2D eigenvalue weighted by molar-refractivity contribution is 7.91. The van der Waals surface area contributed by atoms with Crippen molar-refractivity contribution in [3.8, 4) is 0 Å². The molecule has 0 radical (unpaired) electrons. The van der Waals surface area contributed by atoms with Gasteiger partial charge in [0.1, 0.15) is 0 Å². The monoisotopic (exact) mass is 281 g/mol. The highest BCUT2D eigenvalue weighted by Gasteiger charge is 2.24. The van der Waals surface area contributed by atoms with Crippen molar-refractivity contribution in [2.24, 2.45) is 12.8 Å². The first-order chi connectivity index (χ1) is 8.80. The minimum Gasteiger partial charge on any atom is -0.326 e. The third-order valence-electron chi connectivity index (χ3n) is 3.54. The summed E-state index contributed by atoms with van der Waals surface area (Å²) in [5.74, 6) is 0. The molecule has 2 aromatic rings. The smallest absolute Gasteiger partial charge is 0.151 e. The van der Waals surface area contributed by atoms with Crippen molar-refractivity contribution in [3.63, 3.8) is 0 Å². The molecule has 1 heterocycles. The molecule has 19 heavy (non-hydrogen) atoms. The average molecular weight is 281 g/mol. The molecule has 0 spiro atoms. The number of fused-ring (bicyclic) bond motifs is 1. The lowest BCUT2D eigenvalue weighted by molar-refractivity contribution is 0.558. The first-order valence-electron chi connectivity index (χ1n) is 6.15. The molecular formula is C13H19N3O2S. The van der Waals surface area contributed by atoms with Crippen molar-refractivity contribution in [3.05, 3.63) is 30.0 Å². The van der Waals surface area contributed by atoms with Crippen LogP contribution >= 0.6 is 0 Å². The minimum atomic E-state index is -3.13. The van der Waals surface area contributed by atoms with Gasteiger partial charge < -0.3 is 5.73 Å². The molecule has 6 heteroatoms. The average Bonchev–Trinajstić information content (AvgIpc) is 2.65. The molecule has 2 unspecified atom stereocenters. The van der Waals surface area contributed by atoms with E-state index in [4.69, 9.17) is 5.73 Å². The molecule has 0 aliphatic carbocycles. The van der Waals surface area contributed by atoms with E-state index in [9.17, 15) is 8.42 Å². The van der Waals surface area contributed by atoms with E-state index in [0.717, 1.165) is 16.6 Å². The Morgan fingerprint density at radius 1 is 1.37 bits per heavy atom. The Morgan fingerprint density at radius 2 is 2.00 bits per heavy atom. The predicted octanol–water partition coefficient (Wildman–Crippen LogP) is 0.876. The number of aryl methyl sites for hydroxylation is 1. The first kappa shape index (κ1) is 14.0. The zero-order valence-electron chi connectivity index (χ0n) is 11.4. The summed E-state index contributed by atoms with van der Waals surface area (Å²) in [5.41, 5.74) is 7.88. The molecule has 1 aromatic heterocycles. The fourth-order valence-electron chi connectivity index (χ4n) is 2.15. The van der Waals surface area contributed by atoms with Crippen LogP contribution in [0, 0.1) is 0 Å². The summed E-state index contributed by atoms with van der Waals surface area (Å²) in [5, 5.41) is 4.89. The molecule has 2 N–H and O–H groups in total. The van der Waals surface area contributed by atoms with E-state index in [0.29, 0.717) is 6.42 Å².